The third-order valence-corrected chi connectivity index (χ3v) is 4.99. The van der Waals surface area contributed by atoms with E-state index in [0.717, 1.165) is 41.8 Å². The number of halogens is 1. The Kier molecular flexibility index (Phi) is 3.72. The largest absolute Gasteiger partial charge is 0.489 e. The summed E-state index contributed by atoms with van der Waals surface area (Å²) in [6.45, 7) is 2.12. The van der Waals surface area contributed by atoms with Crippen molar-refractivity contribution in [3.8, 4) is 11.5 Å². The van der Waals surface area contributed by atoms with Crippen molar-refractivity contribution in [1.29, 1.82) is 0 Å². The molecule has 2 N–H and O–H groups in total. The lowest BCUT2D eigenvalue weighted by Gasteiger charge is -2.30. The van der Waals surface area contributed by atoms with Crippen molar-refractivity contribution in [2.75, 3.05) is 19.8 Å². The van der Waals surface area contributed by atoms with E-state index < -0.39 is 0 Å². The molecule has 3 rings (SSSR count). The van der Waals surface area contributed by atoms with Gasteiger partial charge in [-0.15, -0.1) is 0 Å². The molecule has 0 spiro atoms. The Bertz CT molecular complexity index is 469. The summed E-state index contributed by atoms with van der Waals surface area (Å²) in [7, 11) is 0. The van der Waals surface area contributed by atoms with Crippen LogP contribution in [0.5, 0.6) is 11.5 Å². The number of benzene rings is 1. The average Bonchev–Trinajstić information content (AvgIpc) is 2.77. The van der Waals surface area contributed by atoms with Crippen molar-refractivity contribution in [3.05, 3.63) is 22.2 Å². The van der Waals surface area contributed by atoms with Crippen LogP contribution in [0, 0.1) is 0 Å². The normalized spacial score (nSPS) is 21.2. The lowest BCUT2D eigenvalue weighted by Crippen LogP contribution is -2.32. The van der Waals surface area contributed by atoms with Crippen molar-refractivity contribution in [2.24, 2.45) is 5.73 Å². The molecule has 0 amide bonds. The minimum absolute atomic E-state index is 0.0818. The van der Waals surface area contributed by atoms with Crippen molar-refractivity contribution in [1.82, 2.24) is 0 Å². The van der Waals surface area contributed by atoms with E-state index in [-0.39, 0.29) is 5.41 Å². The lowest BCUT2D eigenvalue weighted by molar-refractivity contribution is 0.292. The first-order valence-electron chi connectivity index (χ1n) is 7.05. The van der Waals surface area contributed by atoms with Crippen LogP contribution in [-0.4, -0.2) is 19.8 Å². The highest BCUT2D eigenvalue weighted by molar-refractivity contribution is 9.10. The van der Waals surface area contributed by atoms with Gasteiger partial charge in [0.25, 0.3) is 0 Å². The van der Waals surface area contributed by atoms with Crippen LogP contribution in [0.1, 0.15) is 37.7 Å². The van der Waals surface area contributed by atoms with Gasteiger partial charge in [0.2, 0.25) is 0 Å². The fourth-order valence-electron chi connectivity index (χ4n) is 3.28. The SMILES string of the molecule is NCC1(c2ccc(Br)c3c2OCCCO3)CCCC1. The van der Waals surface area contributed by atoms with Crippen molar-refractivity contribution < 1.29 is 9.47 Å². The van der Waals surface area contributed by atoms with Gasteiger partial charge >= 0.3 is 0 Å². The molecular weight excluding hydrogens is 306 g/mol. The molecule has 1 aliphatic carbocycles. The van der Waals surface area contributed by atoms with E-state index in [4.69, 9.17) is 15.2 Å². The maximum atomic E-state index is 6.10. The van der Waals surface area contributed by atoms with Gasteiger partial charge in [-0.3, -0.25) is 0 Å². The molecule has 0 aromatic heterocycles. The number of fused-ring (bicyclic) bond motifs is 1. The van der Waals surface area contributed by atoms with Crippen LogP contribution in [0.25, 0.3) is 0 Å². The van der Waals surface area contributed by atoms with Crippen LogP contribution in [-0.2, 0) is 5.41 Å². The van der Waals surface area contributed by atoms with Gasteiger partial charge in [0, 0.05) is 23.9 Å². The fraction of sp³-hybridized carbons (Fsp3) is 0.600. The Morgan fingerprint density at radius 1 is 1.05 bits per heavy atom. The molecule has 0 saturated heterocycles. The van der Waals surface area contributed by atoms with Gasteiger partial charge in [0.15, 0.2) is 11.5 Å². The predicted molar refractivity (Wildman–Crippen MR) is 78.9 cm³/mol. The molecule has 0 atom stereocenters. The molecule has 1 aromatic rings. The van der Waals surface area contributed by atoms with E-state index >= 15 is 0 Å². The second-order valence-electron chi connectivity index (χ2n) is 5.50. The molecule has 3 nitrogen and oxygen atoms in total. The van der Waals surface area contributed by atoms with Crippen LogP contribution in [0.4, 0.5) is 0 Å². The van der Waals surface area contributed by atoms with Gasteiger partial charge < -0.3 is 15.2 Å². The maximum Gasteiger partial charge on any atom is 0.175 e. The summed E-state index contributed by atoms with van der Waals surface area (Å²) in [6.07, 6.45) is 5.74. The number of rotatable bonds is 2. The molecule has 1 saturated carbocycles. The summed E-state index contributed by atoms with van der Waals surface area (Å²) in [5.41, 5.74) is 7.43. The van der Waals surface area contributed by atoms with Gasteiger partial charge in [-0.1, -0.05) is 18.9 Å². The first-order valence-corrected chi connectivity index (χ1v) is 7.85. The topological polar surface area (TPSA) is 44.5 Å². The fourth-order valence-corrected chi connectivity index (χ4v) is 3.70. The molecule has 19 heavy (non-hydrogen) atoms. The summed E-state index contributed by atoms with van der Waals surface area (Å²) >= 11 is 3.56. The molecule has 1 heterocycles. The Balaban J connectivity index is 2.11. The second-order valence-corrected chi connectivity index (χ2v) is 6.35. The van der Waals surface area contributed by atoms with Crippen LogP contribution in [0.2, 0.25) is 0 Å². The zero-order valence-electron chi connectivity index (χ0n) is 11.1. The summed E-state index contributed by atoms with van der Waals surface area (Å²) in [5, 5.41) is 0. The van der Waals surface area contributed by atoms with Crippen LogP contribution >= 0.6 is 15.9 Å². The van der Waals surface area contributed by atoms with E-state index in [1.54, 1.807) is 0 Å². The van der Waals surface area contributed by atoms with E-state index in [2.05, 4.69) is 28.1 Å². The Morgan fingerprint density at radius 2 is 1.74 bits per heavy atom. The first kappa shape index (κ1) is 13.3. The molecular formula is C15H20BrNO2. The average molecular weight is 326 g/mol. The van der Waals surface area contributed by atoms with Gasteiger partial charge in [0.1, 0.15) is 0 Å². The highest BCUT2D eigenvalue weighted by Gasteiger charge is 2.38. The molecule has 2 aliphatic rings. The molecule has 1 aliphatic heterocycles. The molecule has 1 fully saturated rings. The monoisotopic (exact) mass is 325 g/mol. The quantitative estimate of drug-likeness (QED) is 0.906. The molecule has 4 heteroatoms. The highest BCUT2D eigenvalue weighted by Crippen LogP contribution is 2.49. The zero-order chi connectivity index (χ0) is 13.3. The summed E-state index contributed by atoms with van der Waals surface area (Å²) < 4.78 is 12.8. The van der Waals surface area contributed by atoms with Crippen molar-refractivity contribution in [3.63, 3.8) is 0 Å². The van der Waals surface area contributed by atoms with E-state index in [9.17, 15) is 0 Å². The number of nitrogens with two attached hydrogens (primary N) is 1. The Hall–Kier alpha value is -0.740. The second kappa shape index (κ2) is 5.33. The van der Waals surface area contributed by atoms with Crippen molar-refractivity contribution in [2.45, 2.75) is 37.5 Å². The molecule has 0 bridgehead atoms. The van der Waals surface area contributed by atoms with Crippen LogP contribution < -0.4 is 15.2 Å². The number of ether oxygens (including phenoxy) is 2. The van der Waals surface area contributed by atoms with Crippen molar-refractivity contribution >= 4 is 15.9 Å². The molecule has 0 radical (unpaired) electrons. The Labute approximate surface area is 122 Å². The third-order valence-electron chi connectivity index (χ3n) is 4.37. The van der Waals surface area contributed by atoms with E-state index in [1.165, 1.54) is 18.4 Å². The van der Waals surface area contributed by atoms with Gasteiger partial charge in [0.05, 0.1) is 17.7 Å². The lowest BCUT2D eigenvalue weighted by atomic mass is 9.78. The van der Waals surface area contributed by atoms with Crippen LogP contribution in [0.15, 0.2) is 16.6 Å². The minimum atomic E-state index is 0.0818. The zero-order valence-corrected chi connectivity index (χ0v) is 12.7. The van der Waals surface area contributed by atoms with E-state index in [1.807, 2.05) is 0 Å². The minimum Gasteiger partial charge on any atom is -0.489 e. The smallest absolute Gasteiger partial charge is 0.175 e. The number of hydrogen-bond acceptors (Lipinski definition) is 3. The van der Waals surface area contributed by atoms with Crippen LogP contribution in [0.3, 0.4) is 0 Å². The highest BCUT2D eigenvalue weighted by atomic mass is 79.9. The summed E-state index contributed by atoms with van der Waals surface area (Å²) in [5.74, 6) is 1.77. The predicted octanol–water partition coefficient (Wildman–Crippen LogP) is 3.38. The molecule has 104 valence electrons. The maximum absolute atomic E-state index is 6.10. The van der Waals surface area contributed by atoms with Gasteiger partial charge in [-0.05, 0) is 34.8 Å². The summed E-state index contributed by atoms with van der Waals surface area (Å²) in [4.78, 5) is 0. The first-order chi connectivity index (χ1) is 9.27. The molecule has 0 unspecified atom stereocenters. The van der Waals surface area contributed by atoms with Gasteiger partial charge in [-0.25, -0.2) is 0 Å². The Morgan fingerprint density at radius 3 is 2.42 bits per heavy atom. The standard InChI is InChI=1S/C15H20BrNO2/c16-12-5-4-11(15(10-17)6-1-2-7-15)13-14(12)19-9-3-8-18-13/h4-5H,1-3,6-10,17H2. The van der Waals surface area contributed by atoms with E-state index in [0.29, 0.717) is 13.2 Å². The third kappa shape index (κ3) is 2.25. The van der Waals surface area contributed by atoms with Gasteiger partial charge in [-0.2, -0.15) is 0 Å². The summed E-state index contributed by atoms with van der Waals surface area (Å²) in [6, 6.07) is 4.23. The molecule has 1 aromatic carbocycles. The number of hydrogen-bond donors (Lipinski definition) is 1.